The quantitative estimate of drug-likeness (QED) is 0.538. The fraction of sp³-hybridized carbons (Fsp3) is 0.389. The van der Waals surface area contributed by atoms with Crippen molar-refractivity contribution in [2.75, 3.05) is 44.7 Å². The molecule has 0 atom stereocenters. The normalized spacial score (nSPS) is 14.3. The third-order valence-electron chi connectivity index (χ3n) is 4.31. The van der Waals surface area contributed by atoms with Gasteiger partial charge in [-0.1, -0.05) is 35.3 Å². The fourth-order valence-electron chi connectivity index (χ4n) is 2.75. The third kappa shape index (κ3) is 5.96. The van der Waals surface area contributed by atoms with Crippen molar-refractivity contribution in [1.82, 2.24) is 14.6 Å². The van der Waals surface area contributed by atoms with E-state index in [-0.39, 0.29) is 23.1 Å². The number of ether oxygens (including phenoxy) is 2. The van der Waals surface area contributed by atoms with E-state index in [0.29, 0.717) is 41.9 Å². The minimum Gasteiger partial charge on any atom is -0.477 e. The molecule has 1 aliphatic heterocycles. The van der Waals surface area contributed by atoms with Gasteiger partial charge in [0.05, 0.1) is 23.3 Å². The maximum atomic E-state index is 12.1. The van der Waals surface area contributed by atoms with Crippen molar-refractivity contribution in [3.05, 3.63) is 39.4 Å². The SMILES string of the molecule is O=C(NCCN1CCOCC1)Nc1snc(OCc2cccc(Cl)c2Cl)c1C(=O)O. The van der Waals surface area contributed by atoms with E-state index in [9.17, 15) is 14.7 Å². The van der Waals surface area contributed by atoms with Gasteiger partial charge in [0.1, 0.15) is 11.6 Å². The molecule has 0 saturated carbocycles. The van der Waals surface area contributed by atoms with E-state index in [1.165, 1.54) is 0 Å². The average Bonchev–Trinajstić information content (AvgIpc) is 3.12. The Morgan fingerprint density at radius 1 is 1.30 bits per heavy atom. The molecule has 3 rings (SSSR count). The zero-order chi connectivity index (χ0) is 21.5. The van der Waals surface area contributed by atoms with Gasteiger partial charge in [-0.15, -0.1) is 0 Å². The van der Waals surface area contributed by atoms with Crippen LogP contribution < -0.4 is 15.4 Å². The maximum Gasteiger partial charge on any atom is 0.344 e. The van der Waals surface area contributed by atoms with Crippen molar-refractivity contribution < 1.29 is 24.2 Å². The molecular formula is C18H20Cl2N4O5S. The van der Waals surface area contributed by atoms with Crippen LogP contribution in [0.3, 0.4) is 0 Å². The Morgan fingerprint density at radius 2 is 2.07 bits per heavy atom. The first-order valence-electron chi connectivity index (χ1n) is 9.09. The van der Waals surface area contributed by atoms with Gasteiger partial charge in [-0.3, -0.25) is 10.2 Å². The molecule has 0 radical (unpaired) electrons. The molecule has 3 N–H and O–H groups in total. The van der Waals surface area contributed by atoms with Crippen molar-refractivity contribution in [3.63, 3.8) is 0 Å². The van der Waals surface area contributed by atoms with E-state index in [1.807, 2.05) is 0 Å². The number of nitrogens with zero attached hydrogens (tertiary/aromatic N) is 2. The van der Waals surface area contributed by atoms with Gasteiger partial charge in [-0.25, -0.2) is 9.59 Å². The Labute approximate surface area is 187 Å². The van der Waals surface area contributed by atoms with Gasteiger partial charge >= 0.3 is 12.0 Å². The second-order valence-corrected chi connectivity index (χ2v) is 7.89. The summed E-state index contributed by atoms with van der Waals surface area (Å²) in [5.41, 5.74) is 0.366. The molecule has 1 aromatic carbocycles. The summed E-state index contributed by atoms with van der Waals surface area (Å²) in [4.78, 5) is 26.0. The number of nitrogens with one attached hydrogen (secondary N) is 2. The van der Waals surface area contributed by atoms with Crippen LogP contribution >= 0.6 is 34.7 Å². The monoisotopic (exact) mass is 474 g/mol. The molecule has 2 heterocycles. The number of carboxylic acids is 1. The number of hydrogen-bond acceptors (Lipinski definition) is 7. The number of morpholine rings is 1. The predicted octanol–water partition coefficient (Wildman–Crippen LogP) is 3.18. The van der Waals surface area contributed by atoms with Crippen LogP contribution in [-0.2, 0) is 11.3 Å². The molecular weight excluding hydrogens is 455 g/mol. The Morgan fingerprint density at radius 3 is 2.80 bits per heavy atom. The summed E-state index contributed by atoms with van der Waals surface area (Å²) in [6.07, 6.45) is 0. The maximum absolute atomic E-state index is 12.1. The summed E-state index contributed by atoms with van der Waals surface area (Å²) in [5, 5.41) is 15.5. The Kier molecular flexibility index (Phi) is 8.11. The van der Waals surface area contributed by atoms with Crippen molar-refractivity contribution in [1.29, 1.82) is 0 Å². The van der Waals surface area contributed by atoms with E-state index in [0.717, 1.165) is 24.6 Å². The van der Waals surface area contributed by atoms with Crippen LogP contribution in [0.5, 0.6) is 5.88 Å². The van der Waals surface area contributed by atoms with Crippen LogP contribution in [0.25, 0.3) is 0 Å². The number of halogens is 2. The highest BCUT2D eigenvalue weighted by Crippen LogP contribution is 2.32. The Balaban J connectivity index is 1.57. The van der Waals surface area contributed by atoms with E-state index >= 15 is 0 Å². The van der Waals surface area contributed by atoms with E-state index in [2.05, 4.69) is 19.9 Å². The molecule has 2 aromatic rings. The predicted molar refractivity (Wildman–Crippen MR) is 114 cm³/mol. The molecule has 0 bridgehead atoms. The highest BCUT2D eigenvalue weighted by Gasteiger charge is 2.24. The van der Waals surface area contributed by atoms with Gasteiger partial charge in [0.15, 0.2) is 5.56 Å². The molecule has 0 aliphatic carbocycles. The Hall–Kier alpha value is -2.11. The van der Waals surface area contributed by atoms with Crippen molar-refractivity contribution in [3.8, 4) is 5.88 Å². The van der Waals surface area contributed by atoms with Gasteiger partial charge < -0.3 is 19.9 Å². The van der Waals surface area contributed by atoms with Gasteiger partial charge in [0.25, 0.3) is 0 Å². The lowest BCUT2D eigenvalue weighted by Crippen LogP contribution is -2.42. The first-order chi connectivity index (χ1) is 14.5. The molecule has 1 aliphatic rings. The minimum atomic E-state index is -1.26. The molecule has 1 fully saturated rings. The van der Waals surface area contributed by atoms with E-state index < -0.39 is 12.0 Å². The second-order valence-electron chi connectivity index (χ2n) is 6.33. The van der Waals surface area contributed by atoms with Crippen LogP contribution in [0.2, 0.25) is 10.0 Å². The number of amides is 2. The largest absolute Gasteiger partial charge is 0.477 e. The molecule has 162 valence electrons. The van der Waals surface area contributed by atoms with Crippen LogP contribution in [0.1, 0.15) is 15.9 Å². The van der Waals surface area contributed by atoms with Crippen LogP contribution in [0, 0.1) is 0 Å². The standard InChI is InChI=1S/C18H20Cl2N4O5S/c19-12-3-1-2-11(14(12)20)10-29-15-13(17(25)26)16(30-23-15)22-18(27)21-4-5-24-6-8-28-9-7-24/h1-3H,4-10H2,(H,25,26)(H2,21,22,27). The second kappa shape index (κ2) is 10.8. The number of carboxylic acid groups (broad SMARTS) is 1. The van der Waals surface area contributed by atoms with Crippen molar-refractivity contribution in [2.45, 2.75) is 6.61 Å². The molecule has 30 heavy (non-hydrogen) atoms. The average molecular weight is 475 g/mol. The van der Waals surface area contributed by atoms with Crippen LogP contribution in [-0.4, -0.2) is 65.8 Å². The van der Waals surface area contributed by atoms with Crippen LogP contribution in [0.15, 0.2) is 18.2 Å². The van der Waals surface area contributed by atoms with Crippen LogP contribution in [0.4, 0.5) is 9.80 Å². The molecule has 2 amide bonds. The third-order valence-corrected chi connectivity index (χ3v) is 5.92. The lowest BCUT2D eigenvalue weighted by Gasteiger charge is -2.26. The summed E-state index contributed by atoms with van der Waals surface area (Å²) < 4.78 is 14.8. The number of carbonyl (C=O) groups excluding carboxylic acids is 1. The van der Waals surface area contributed by atoms with Crippen molar-refractivity contribution in [2.24, 2.45) is 0 Å². The van der Waals surface area contributed by atoms with Gasteiger partial charge in [0, 0.05) is 31.7 Å². The molecule has 12 heteroatoms. The lowest BCUT2D eigenvalue weighted by molar-refractivity contribution is 0.0388. The number of aromatic nitrogens is 1. The number of anilines is 1. The summed E-state index contributed by atoms with van der Waals surface area (Å²) in [7, 11) is 0. The number of carbonyl (C=O) groups is 2. The number of aromatic carboxylic acids is 1. The number of benzene rings is 1. The first kappa shape index (κ1) is 22.6. The van der Waals surface area contributed by atoms with E-state index in [4.69, 9.17) is 32.7 Å². The lowest BCUT2D eigenvalue weighted by atomic mass is 10.2. The fourth-order valence-corrected chi connectivity index (χ4v) is 3.85. The van der Waals surface area contributed by atoms with Gasteiger partial charge in [-0.2, -0.15) is 4.37 Å². The summed E-state index contributed by atoms with van der Waals surface area (Å²) in [6, 6.07) is 4.54. The molecule has 0 unspecified atom stereocenters. The number of rotatable bonds is 8. The number of hydrogen-bond donors (Lipinski definition) is 3. The zero-order valence-corrected chi connectivity index (χ0v) is 18.1. The zero-order valence-electron chi connectivity index (χ0n) is 15.8. The molecule has 9 nitrogen and oxygen atoms in total. The highest BCUT2D eigenvalue weighted by atomic mass is 35.5. The minimum absolute atomic E-state index is 0.0193. The van der Waals surface area contributed by atoms with Gasteiger partial charge in [-0.05, 0) is 17.6 Å². The van der Waals surface area contributed by atoms with Crippen molar-refractivity contribution >= 4 is 51.7 Å². The van der Waals surface area contributed by atoms with E-state index in [1.54, 1.807) is 18.2 Å². The first-order valence-corrected chi connectivity index (χ1v) is 10.6. The number of urea groups is 1. The summed E-state index contributed by atoms with van der Waals surface area (Å²) in [6.45, 7) is 4.08. The summed E-state index contributed by atoms with van der Waals surface area (Å²) >= 11 is 12.9. The highest BCUT2D eigenvalue weighted by molar-refractivity contribution is 7.11. The topological polar surface area (TPSA) is 113 Å². The van der Waals surface area contributed by atoms with Gasteiger partial charge in [0.2, 0.25) is 5.88 Å². The molecule has 0 spiro atoms. The smallest absolute Gasteiger partial charge is 0.344 e. The molecule has 1 aromatic heterocycles. The summed E-state index contributed by atoms with van der Waals surface area (Å²) in [5.74, 6) is -1.37. The molecule has 1 saturated heterocycles. The Bertz CT molecular complexity index is 905.